The first kappa shape index (κ1) is 14.6. The van der Waals surface area contributed by atoms with Crippen LogP contribution in [0, 0.1) is 23.2 Å². The summed E-state index contributed by atoms with van der Waals surface area (Å²) in [5.74, 6) is 5.77. The van der Waals surface area contributed by atoms with Crippen LogP contribution in [0.25, 0.3) is 0 Å². The van der Waals surface area contributed by atoms with Gasteiger partial charge in [-0.15, -0.1) is 11.3 Å². The van der Waals surface area contributed by atoms with E-state index < -0.39 is 0 Å². The number of thiophene rings is 1. The lowest BCUT2D eigenvalue weighted by Crippen LogP contribution is -2.33. The van der Waals surface area contributed by atoms with E-state index in [0.717, 1.165) is 17.7 Å². The highest BCUT2D eigenvalue weighted by Gasteiger charge is 2.32. The Hall–Kier alpha value is -1.82. The van der Waals surface area contributed by atoms with Gasteiger partial charge in [-0.1, -0.05) is 11.8 Å². The molecule has 1 aromatic heterocycles. The van der Waals surface area contributed by atoms with Gasteiger partial charge in [0.25, 0.3) is 5.91 Å². The Balaban J connectivity index is 2.04. The molecule has 1 aromatic rings. The molecule has 0 aromatic carbocycles. The molecule has 5 heteroatoms. The number of nitrogens with zero attached hydrogens (tertiary/aromatic N) is 2. The minimum Gasteiger partial charge on any atom is -0.395 e. The Bertz CT molecular complexity index is 573. The Morgan fingerprint density at radius 3 is 2.95 bits per heavy atom. The van der Waals surface area contributed by atoms with E-state index in [1.54, 1.807) is 11.0 Å². The highest BCUT2D eigenvalue weighted by Crippen LogP contribution is 2.29. The van der Waals surface area contributed by atoms with Crippen LogP contribution in [0.4, 0.5) is 0 Å². The van der Waals surface area contributed by atoms with Gasteiger partial charge in [0.05, 0.1) is 29.5 Å². The average Bonchev–Trinajstić information content (AvgIpc) is 3.18. The van der Waals surface area contributed by atoms with Gasteiger partial charge in [-0.2, -0.15) is 5.26 Å². The van der Waals surface area contributed by atoms with E-state index in [1.165, 1.54) is 11.3 Å². The molecule has 0 bridgehead atoms. The van der Waals surface area contributed by atoms with E-state index in [-0.39, 0.29) is 12.5 Å². The SMILES string of the molecule is N#CCCN(C(=O)c1csc(C#CCCO)c1)C1CC1. The highest BCUT2D eigenvalue weighted by molar-refractivity contribution is 7.10. The molecule has 1 heterocycles. The van der Waals surface area contributed by atoms with Gasteiger partial charge in [-0.3, -0.25) is 4.79 Å². The number of aliphatic hydroxyl groups is 1. The molecule has 4 nitrogen and oxygen atoms in total. The molecule has 20 heavy (non-hydrogen) atoms. The second kappa shape index (κ2) is 7.09. The molecular weight excluding hydrogens is 272 g/mol. The van der Waals surface area contributed by atoms with Crippen LogP contribution in [0.15, 0.2) is 11.4 Å². The number of carbonyl (C=O) groups excluding carboxylic acids is 1. The maximum absolute atomic E-state index is 12.4. The number of nitriles is 1. The first-order valence-corrected chi connectivity index (χ1v) is 7.50. The van der Waals surface area contributed by atoms with E-state index in [9.17, 15) is 4.79 Å². The van der Waals surface area contributed by atoms with E-state index in [0.29, 0.717) is 31.0 Å². The number of hydrogen-bond donors (Lipinski definition) is 1. The second-order valence-corrected chi connectivity index (χ2v) is 5.52. The van der Waals surface area contributed by atoms with Crippen molar-refractivity contribution < 1.29 is 9.90 Å². The summed E-state index contributed by atoms with van der Waals surface area (Å²) in [5.41, 5.74) is 0.646. The molecule has 1 saturated carbocycles. The summed E-state index contributed by atoms with van der Waals surface area (Å²) in [7, 11) is 0. The molecule has 1 aliphatic rings. The lowest BCUT2D eigenvalue weighted by atomic mass is 10.2. The summed E-state index contributed by atoms with van der Waals surface area (Å²) in [5, 5.41) is 19.2. The monoisotopic (exact) mass is 288 g/mol. The number of hydrogen-bond acceptors (Lipinski definition) is 4. The summed E-state index contributed by atoms with van der Waals surface area (Å²) >= 11 is 1.43. The Morgan fingerprint density at radius 2 is 2.30 bits per heavy atom. The summed E-state index contributed by atoms with van der Waals surface area (Å²) in [4.78, 5) is 15.0. The summed E-state index contributed by atoms with van der Waals surface area (Å²) < 4.78 is 0. The summed E-state index contributed by atoms with van der Waals surface area (Å²) in [6.07, 6.45) is 2.88. The Kier molecular flexibility index (Phi) is 5.17. The number of carbonyl (C=O) groups is 1. The standard InChI is InChI=1S/C15H16N2O2S/c16-7-3-8-17(13-5-6-13)15(19)12-10-14(20-11-12)4-1-2-9-18/h10-11,13,18H,2-3,5-6,8-9H2. The Labute approximate surface area is 122 Å². The fraction of sp³-hybridized carbons (Fsp3) is 0.467. The van der Waals surface area contributed by atoms with Crippen molar-refractivity contribution in [2.24, 2.45) is 0 Å². The van der Waals surface area contributed by atoms with Gasteiger partial charge in [0, 0.05) is 24.4 Å². The lowest BCUT2D eigenvalue weighted by molar-refractivity contribution is 0.0747. The Morgan fingerprint density at radius 1 is 1.50 bits per heavy atom. The molecule has 1 N–H and O–H groups in total. The van der Waals surface area contributed by atoms with Crippen molar-refractivity contribution in [1.82, 2.24) is 4.90 Å². The van der Waals surface area contributed by atoms with Crippen LogP contribution < -0.4 is 0 Å². The number of aliphatic hydroxyl groups excluding tert-OH is 1. The van der Waals surface area contributed by atoms with Crippen LogP contribution in [-0.4, -0.2) is 35.1 Å². The maximum Gasteiger partial charge on any atom is 0.255 e. The van der Waals surface area contributed by atoms with Crippen molar-refractivity contribution in [3.05, 3.63) is 21.9 Å². The third kappa shape index (κ3) is 3.84. The zero-order chi connectivity index (χ0) is 14.4. The fourth-order valence-corrected chi connectivity index (χ4v) is 2.64. The molecule has 0 atom stereocenters. The smallest absolute Gasteiger partial charge is 0.255 e. The molecule has 0 spiro atoms. The maximum atomic E-state index is 12.4. The van der Waals surface area contributed by atoms with Crippen molar-refractivity contribution in [3.8, 4) is 17.9 Å². The summed E-state index contributed by atoms with van der Waals surface area (Å²) in [6, 6.07) is 4.19. The van der Waals surface area contributed by atoms with Crippen molar-refractivity contribution in [3.63, 3.8) is 0 Å². The van der Waals surface area contributed by atoms with Gasteiger partial charge < -0.3 is 10.0 Å². The zero-order valence-corrected chi connectivity index (χ0v) is 11.9. The predicted molar refractivity (Wildman–Crippen MR) is 77.2 cm³/mol. The molecule has 0 aliphatic heterocycles. The molecule has 1 amide bonds. The topological polar surface area (TPSA) is 64.3 Å². The van der Waals surface area contributed by atoms with Gasteiger partial charge in [-0.25, -0.2) is 0 Å². The zero-order valence-electron chi connectivity index (χ0n) is 11.1. The van der Waals surface area contributed by atoms with Crippen molar-refractivity contribution in [2.45, 2.75) is 31.7 Å². The van der Waals surface area contributed by atoms with Gasteiger partial charge in [0.2, 0.25) is 0 Å². The van der Waals surface area contributed by atoms with Crippen molar-refractivity contribution in [1.29, 1.82) is 5.26 Å². The summed E-state index contributed by atoms with van der Waals surface area (Å²) in [6.45, 7) is 0.551. The van der Waals surface area contributed by atoms with Gasteiger partial charge in [-0.05, 0) is 18.9 Å². The normalized spacial score (nSPS) is 13.2. The van der Waals surface area contributed by atoms with E-state index >= 15 is 0 Å². The largest absolute Gasteiger partial charge is 0.395 e. The van der Waals surface area contributed by atoms with Crippen LogP contribution in [0.5, 0.6) is 0 Å². The van der Waals surface area contributed by atoms with Gasteiger partial charge >= 0.3 is 0 Å². The van der Waals surface area contributed by atoms with Crippen LogP contribution in [0.3, 0.4) is 0 Å². The molecular formula is C15H16N2O2S. The molecule has 1 fully saturated rings. The van der Waals surface area contributed by atoms with E-state index in [4.69, 9.17) is 10.4 Å². The third-order valence-corrected chi connectivity index (χ3v) is 3.85. The minimum absolute atomic E-state index is 0.00536. The van der Waals surface area contributed by atoms with E-state index in [1.807, 2.05) is 5.38 Å². The van der Waals surface area contributed by atoms with Gasteiger partial charge in [0.15, 0.2) is 0 Å². The molecule has 0 unspecified atom stereocenters. The highest BCUT2D eigenvalue weighted by atomic mass is 32.1. The van der Waals surface area contributed by atoms with Crippen LogP contribution in [0.1, 0.15) is 40.9 Å². The molecule has 0 radical (unpaired) electrons. The first-order chi connectivity index (χ1) is 9.76. The van der Waals surface area contributed by atoms with Gasteiger partial charge in [0.1, 0.15) is 0 Å². The number of amides is 1. The van der Waals surface area contributed by atoms with Crippen LogP contribution in [-0.2, 0) is 0 Å². The average molecular weight is 288 g/mol. The third-order valence-electron chi connectivity index (χ3n) is 3.01. The molecule has 0 saturated heterocycles. The first-order valence-electron chi connectivity index (χ1n) is 6.62. The van der Waals surface area contributed by atoms with Crippen molar-refractivity contribution in [2.75, 3.05) is 13.2 Å². The van der Waals surface area contributed by atoms with Crippen LogP contribution >= 0.6 is 11.3 Å². The fourth-order valence-electron chi connectivity index (χ4n) is 1.89. The van der Waals surface area contributed by atoms with Crippen molar-refractivity contribution >= 4 is 17.2 Å². The minimum atomic E-state index is -0.00536. The molecule has 2 rings (SSSR count). The van der Waals surface area contributed by atoms with Crippen LogP contribution in [0.2, 0.25) is 0 Å². The predicted octanol–water partition coefficient (Wildman–Crippen LogP) is 2.00. The lowest BCUT2D eigenvalue weighted by Gasteiger charge is -2.20. The molecule has 104 valence electrons. The quantitative estimate of drug-likeness (QED) is 0.843. The number of rotatable bonds is 5. The molecule has 1 aliphatic carbocycles. The van der Waals surface area contributed by atoms with E-state index in [2.05, 4.69) is 17.9 Å². The second-order valence-electron chi connectivity index (χ2n) is 4.61.